The van der Waals surface area contributed by atoms with Crippen LogP contribution in [-0.4, -0.2) is 58.4 Å². The Morgan fingerprint density at radius 2 is 1.75 bits per heavy atom. The van der Waals surface area contributed by atoms with E-state index in [1.54, 1.807) is 0 Å². The van der Waals surface area contributed by atoms with Crippen molar-refractivity contribution in [2.24, 2.45) is 13.0 Å². The number of nitrogens with one attached hydrogen (secondary N) is 1. The molecule has 0 atom stereocenters. The number of piperidine rings is 1. The number of hydrogen-bond acceptors (Lipinski definition) is 4. The Morgan fingerprint density at radius 3 is 2.42 bits per heavy atom. The molecule has 36 heavy (non-hydrogen) atoms. The normalized spacial score (nSPS) is 14.7. The van der Waals surface area contributed by atoms with Crippen LogP contribution >= 0.6 is 0 Å². The molecule has 2 heterocycles. The number of aryl methyl sites for hydroxylation is 1. The monoisotopic (exact) mass is 489 g/mol. The Hall–Kier alpha value is -3.32. The van der Waals surface area contributed by atoms with Crippen LogP contribution < -0.4 is 10.1 Å². The minimum Gasteiger partial charge on any atom is -0.493 e. The smallest absolute Gasteiger partial charge is 0.318 e. The van der Waals surface area contributed by atoms with Gasteiger partial charge in [0.2, 0.25) is 0 Å². The first-order valence-corrected chi connectivity index (χ1v) is 12.9. The topological polar surface area (TPSA) is 62.6 Å². The van der Waals surface area contributed by atoms with E-state index >= 15 is 0 Å². The van der Waals surface area contributed by atoms with Crippen molar-refractivity contribution < 1.29 is 9.53 Å². The Labute approximate surface area is 215 Å². The lowest BCUT2D eigenvalue weighted by molar-refractivity contribution is 0.175. The van der Waals surface area contributed by atoms with E-state index in [1.165, 1.54) is 0 Å². The van der Waals surface area contributed by atoms with Crippen LogP contribution in [0.5, 0.6) is 5.75 Å². The molecule has 0 unspecified atom stereocenters. The summed E-state index contributed by atoms with van der Waals surface area (Å²) in [7, 11) is 4.08. The van der Waals surface area contributed by atoms with E-state index in [4.69, 9.17) is 9.84 Å². The maximum absolute atomic E-state index is 13.4. The van der Waals surface area contributed by atoms with Crippen molar-refractivity contribution in [3.8, 4) is 17.0 Å². The second-order valence-corrected chi connectivity index (χ2v) is 10.2. The van der Waals surface area contributed by atoms with Crippen molar-refractivity contribution in [3.63, 3.8) is 0 Å². The van der Waals surface area contributed by atoms with Crippen LogP contribution in [0.3, 0.4) is 0 Å². The molecule has 1 fully saturated rings. The molecule has 1 N–H and O–H groups in total. The predicted molar refractivity (Wildman–Crippen MR) is 144 cm³/mol. The van der Waals surface area contributed by atoms with E-state index in [2.05, 4.69) is 49.3 Å². The van der Waals surface area contributed by atoms with Crippen molar-refractivity contribution >= 4 is 6.03 Å². The number of ether oxygens (including phenoxy) is 1. The summed E-state index contributed by atoms with van der Waals surface area (Å²) in [4.78, 5) is 17.6. The van der Waals surface area contributed by atoms with Crippen LogP contribution in [0.4, 0.5) is 4.79 Å². The summed E-state index contributed by atoms with van der Waals surface area (Å²) in [5.41, 5.74) is 4.07. The average Bonchev–Trinajstić information content (AvgIpc) is 3.25. The number of amides is 2. The second kappa shape index (κ2) is 12.1. The SMILES string of the molecule is CC(C)COc1ccc(CN(Cc2cc(-c3ccccc3)n(C)n2)C(=O)NC2CCN(C)CC2)cc1. The number of nitrogens with zero attached hydrogens (tertiary/aromatic N) is 4. The van der Waals surface area contributed by atoms with Crippen LogP contribution in [-0.2, 0) is 20.1 Å². The summed E-state index contributed by atoms with van der Waals surface area (Å²) < 4.78 is 7.72. The van der Waals surface area contributed by atoms with Crippen molar-refractivity contribution in [1.29, 1.82) is 0 Å². The Kier molecular flexibility index (Phi) is 8.65. The molecule has 4 rings (SSSR count). The molecule has 2 amide bonds. The van der Waals surface area contributed by atoms with Gasteiger partial charge in [-0.15, -0.1) is 0 Å². The molecule has 0 bridgehead atoms. The predicted octanol–water partition coefficient (Wildman–Crippen LogP) is 4.93. The molecule has 1 aliphatic heterocycles. The van der Waals surface area contributed by atoms with E-state index in [-0.39, 0.29) is 12.1 Å². The van der Waals surface area contributed by atoms with Crippen molar-refractivity contribution in [2.75, 3.05) is 26.7 Å². The molecular weight excluding hydrogens is 450 g/mol. The third-order valence-electron chi connectivity index (χ3n) is 6.57. The molecular formula is C29H39N5O2. The molecule has 192 valence electrons. The number of carbonyl (C=O) groups excluding carboxylic acids is 1. The van der Waals surface area contributed by atoms with Gasteiger partial charge in [0.05, 0.1) is 24.5 Å². The number of urea groups is 1. The van der Waals surface area contributed by atoms with Gasteiger partial charge in [-0.25, -0.2) is 4.79 Å². The average molecular weight is 490 g/mol. The molecule has 0 spiro atoms. The maximum atomic E-state index is 13.4. The molecule has 0 aliphatic carbocycles. The Balaban J connectivity index is 1.49. The molecule has 2 aromatic carbocycles. The summed E-state index contributed by atoms with van der Waals surface area (Å²) in [6, 6.07) is 20.5. The third kappa shape index (κ3) is 7.10. The van der Waals surface area contributed by atoms with Gasteiger partial charge in [-0.05, 0) is 68.2 Å². The quantitative estimate of drug-likeness (QED) is 0.463. The lowest BCUT2D eigenvalue weighted by Crippen LogP contribution is -2.48. The van der Waals surface area contributed by atoms with Gasteiger partial charge in [0.1, 0.15) is 5.75 Å². The van der Waals surface area contributed by atoms with E-state index < -0.39 is 0 Å². The fourth-order valence-corrected chi connectivity index (χ4v) is 4.47. The number of benzene rings is 2. The molecule has 0 radical (unpaired) electrons. The van der Waals surface area contributed by atoms with Gasteiger partial charge < -0.3 is 19.9 Å². The minimum atomic E-state index is -0.0448. The molecule has 7 nitrogen and oxygen atoms in total. The van der Waals surface area contributed by atoms with E-state index in [9.17, 15) is 4.79 Å². The van der Waals surface area contributed by atoms with E-state index in [1.807, 2.05) is 59.1 Å². The number of hydrogen-bond donors (Lipinski definition) is 1. The van der Waals surface area contributed by atoms with Gasteiger partial charge in [0.15, 0.2) is 0 Å². The maximum Gasteiger partial charge on any atom is 0.318 e. The van der Waals surface area contributed by atoms with Gasteiger partial charge in [0, 0.05) is 19.6 Å². The van der Waals surface area contributed by atoms with Crippen molar-refractivity contribution in [1.82, 2.24) is 24.9 Å². The molecule has 3 aromatic rings. The largest absolute Gasteiger partial charge is 0.493 e. The minimum absolute atomic E-state index is 0.0448. The second-order valence-electron chi connectivity index (χ2n) is 10.2. The van der Waals surface area contributed by atoms with Gasteiger partial charge >= 0.3 is 6.03 Å². The zero-order valence-electron chi connectivity index (χ0n) is 22.0. The number of rotatable bonds is 9. The highest BCUT2D eigenvalue weighted by Gasteiger charge is 2.23. The summed E-state index contributed by atoms with van der Waals surface area (Å²) in [5, 5.41) is 8.01. The molecule has 7 heteroatoms. The fraction of sp³-hybridized carbons (Fsp3) is 0.448. The first kappa shape index (κ1) is 25.8. The third-order valence-corrected chi connectivity index (χ3v) is 6.57. The summed E-state index contributed by atoms with van der Waals surface area (Å²) in [6.45, 7) is 7.90. The summed E-state index contributed by atoms with van der Waals surface area (Å²) in [5.74, 6) is 1.33. The number of likely N-dealkylation sites (tertiary alicyclic amines) is 1. The zero-order valence-corrected chi connectivity index (χ0v) is 22.0. The highest BCUT2D eigenvalue weighted by molar-refractivity contribution is 5.74. The van der Waals surface area contributed by atoms with Gasteiger partial charge in [-0.3, -0.25) is 4.68 Å². The summed E-state index contributed by atoms with van der Waals surface area (Å²) in [6.07, 6.45) is 1.94. The lowest BCUT2D eigenvalue weighted by atomic mass is 10.1. The molecule has 0 saturated carbocycles. The van der Waals surface area contributed by atoms with Crippen LogP contribution in [0.25, 0.3) is 11.3 Å². The first-order chi connectivity index (χ1) is 17.4. The molecule has 1 aliphatic rings. The van der Waals surface area contributed by atoms with Crippen LogP contribution in [0.2, 0.25) is 0 Å². The van der Waals surface area contributed by atoms with Gasteiger partial charge in [-0.2, -0.15) is 5.10 Å². The van der Waals surface area contributed by atoms with Gasteiger partial charge in [0.25, 0.3) is 0 Å². The van der Waals surface area contributed by atoms with Crippen molar-refractivity contribution in [3.05, 3.63) is 71.9 Å². The number of carbonyl (C=O) groups is 1. The summed E-state index contributed by atoms with van der Waals surface area (Å²) >= 11 is 0. The van der Waals surface area contributed by atoms with Crippen LogP contribution in [0.15, 0.2) is 60.7 Å². The van der Waals surface area contributed by atoms with Crippen LogP contribution in [0, 0.1) is 5.92 Å². The van der Waals surface area contributed by atoms with Crippen molar-refractivity contribution in [2.45, 2.75) is 45.8 Å². The van der Waals surface area contributed by atoms with E-state index in [0.717, 1.165) is 54.2 Å². The van der Waals surface area contributed by atoms with E-state index in [0.29, 0.717) is 25.6 Å². The Bertz CT molecular complexity index is 1100. The van der Waals surface area contributed by atoms with Crippen LogP contribution in [0.1, 0.15) is 37.9 Å². The lowest BCUT2D eigenvalue weighted by Gasteiger charge is -2.31. The Morgan fingerprint density at radius 1 is 1.06 bits per heavy atom. The molecule has 1 saturated heterocycles. The van der Waals surface area contributed by atoms with Gasteiger partial charge in [-0.1, -0.05) is 56.3 Å². The highest BCUT2D eigenvalue weighted by atomic mass is 16.5. The zero-order chi connectivity index (χ0) is 25.5. The first-order valence-electron chi connectivity index (χ1n) is 12.9. The molecule has 1 aromatic heterocycles. The highest BCUT2D eigenvalue weighted by Crippen LogP contribution is 2.22. The fourth-order valence-electron chi connectivity index (χ4n) is 4.47. The number of aromatic nitrogens is 2. The standard InChI is InChI=1S/C29H39N5O2/c1-22(2)21-36-27-12-10-23(11-13-27)19-34(29(35)30-25-14-16-32(3)17-15-25)20-26-18-28(33(4)31-26)24-8-6-5-7-9-24/h5-13,18,22,25H,14-17,19-21H2,1-4H3,(H,30,35).